The highest BCUT2D eigenvalue weighted by Gasteiger charge is 2.26. The zero-order valence-electron chi connectivity index (χ0n) is 14.1. The van der Waals surface area contributed by atoms with E-state index in [-0.39, 0.29) is 10.7 Å². The zero-order chi connectivity index (χ0) is 19.9. The van der Waals surface area contributed by atoms with Crippen molar-refractivity contribution in [3.63, 3.8) is 0 Å². The molecule has 0 unspecified atom stereocenters. The summed E-state index contributed by atoms with van der Waals surface area (Å²) in [6.45, 7) is 0. The number of hydrazone groups is 1. The van der Waals surface area contributed by atoms with Crippen molar-refractivity contribution < 1.29 is 23.9 Å². The van der Waals surface area contributed by atoms with Gasteiger partial charge in [-0.05, 0) is 41.6 Å². The third kappa shape index (κ3) is 5.11. The summed E-state index contributed by atoms with van der Waals surface area (Å²) < 4.78 is 5.12. The lowest BCUT2D eigenvalue weighted by Crippen LogP contribution is -2.18. The molecule has 0 saturated carbocycles. The van der Waals surface area contributed by atoms with Gasteiger partial charge in [0, 0.05) is 24.0 Å². The number of hydrogen-bond acceptors (Lipinski definition) is 8. The number of carbonyl (C=O) groups is 4. The maximum Gasteiger partial charge on any atom is 0.337 e. The number of amides is 3. The van der Waals surface area contributed by atoms with Crippen LogP contribution >= 0.6 is 11.8 Å². The van der Waals surface area contributed by atoms with Gasteiger partial charge in [0.25, 0.3) is 17.1 Å². The lowest BCUT2D eigenvalue weighted by atomic mass is 10.2. The minimum Gasteiger partial charge on any atom is -0.423 e. The van der Waals surface area contributed by atoms with Crippen molar-refractivity contribution in [3.05, 3.63) is 70.9 Å². The van der Waals surface area contributed by atoms with Crippen LogP contribution in [-0.4, -0.2) is 34.2 Å². The van der Waals surface area contributed by atoms with Crippen LogP contribution in [0.4, 0.5) is 4.79 Å². The second-order valence-electron chi connectivity index (χ2n) is 5.28. The van der Waals surface area contributed by atoms with Crippen LogP contribution in [0.15, 0.2) is 64.9 Å². The summed E-state index contributed by atoms with van der Waals surface area (Å²) in [6, 6.07) is 9.48. The van der Waals surface area contributed by atoms with Crippen molar-refractivity contribution in [3.8, 4) is 5.75 Å². The van der Waals surface area contributed by atoms with Crippen LogP contribution in [0.25, 0.3) is 0 Å². The number of benzene rings is 1. The number of thioether (sulfide) groups is 1. The van der Waals surface area contributed by atoms with Gasteiger partial charge in [0.05, 0.1) is 11.1 Å². The van der Waals surface area contributed by atoms with E-state index in [0.29, 0.717) is 22.9 Å². The number of carbonyl (C=O) groups excluding carboxylic acids is 4. The molecule has 0 atom stereocenters. The molecule has 2 heterocycles. The molecule has 0 bridgehead atoms. The van der Waals surface area contributed by atoms with Crippen molar-refractivity contribution in [1.29, 1.82) is 0 Å². The van der Waals surface area contributed by atoms with Crippen LogP contribution in [0.5, 0.6) is 5.75 Å². The zero-order valence-corrected chi connectivity index (χ0v) is 14.9. The fourth-order valence-corrected chi connectivity index (χ4v) is 2.71. The molecule has 2 aromatic rings. The van der Waals surface area contributed by atoms with Gasteiger partial charge in [-0.2, -0.15) is 5.10 Å². The molecule has 9 nitrogen and oxygen atoms in total. The van der Waals surface area contributed by atoms with Gasteiger partial charge in [0.2, 0.25) is 0 Å². The molecule has 2 N–H and O–H groups in total. The molecule has 0 aliphatic carbocycles. The predicted octanol–water partition coefficient (Wildman–Crippen LogP) is 1.62. The quantitative estimate of drug-likeness (QED) is 0.258. The minimum atomic E-state index is -0.799. The average molecular weight is 396 g/mol. The number of hydrogen-bond donors (Lipinski definition) is 2. The molecule has 0 radical (unpaired) electrons. The number of nitrogens with zero attached hydrogens (tertiary/aromatic N) is 2. The Morgan fingerprint density at radius 3 is 2.68 bits per heavy atom. The van der Waals surface area contributed by atoms with Crippen LogP contribution in [-0.2, 0) is 9.59 Å². The van der Waals surface area contributed by atoms with Gasteiger partial charge in [-0.15, -0.1) is 0 Å². The molecular weight excluding hydrogens is 384 g/mol. The Hall–Kier alpha value is -3.79. The van der Waals surface area contributed by atoms with E-state index in [1.165, 1.54) is 30.7 Å². The maximum absolute atomic E-state index is 11.9. The number of esters is 1. The highest BCUT2D eigenvalue weighted by atomic mass is 32.2. The summed E-state index contributed by atoms with van der Waals surface area (Å²) in [6.07, 6.45) is 5.32. The molecule has 1 fully saturated rings. The van der Waals surface area contributed by atoms with Gasteiger partial charge in [-0.1, -0.05) is 12.1 Å². The third-order valence-corrected chi connectivity index (χ3v) is 4.10. The van der Waals surface area contributed by atoms with Gasteiger partial charge in [-0.3, -0.25) is 24.7 Å². The fraction of sp³-hybridized carbons (Fsp3) is 0. The first kappa shape index (κ1) is 19.0. The van der Waals surface area contributed by atoms with Crippen molar-refractivity contribution in [2.75, 3.05) is 0 Å². The average Bonchev–Trinajstić information content (AvgIpc) is 2.99. The van der Waals surface area contributed by atoms with E-state index >= 15 is 0 Å². The SMILES string of the molecule is O=C(/C=C1/SC(=O)NC1=O)Oc1cccc(/C=N/NC(=O)c2ccncc2)c1. The van der Waals surface area contributed by atoms with Crippen molar-refractivity contribution in [2.45, 2.75) is 0 Å². The number of aromatic nitrogens is 1. The Morgan fingerprint density at radius 2 is 1.96 bits per heavy atom. The van der Waals surface area contributed by atoms with E-state index in [4.69, 9.17) is 4.74 Å². The molecule has 1 saturated heterocycles. The summed E-state index contributed by atoms with van der Waals surface area (Å²) in [5.41, 5.74) is 3.35. The van der Waals surface area contributed by atoms with E-state index in [1.54, 1.807) is 24.3 Å². The van der Waals surface area contributed by atoms with Crippen LogP contribution < -0.4 is 15.5 Å². The maximum atomic E-state index is 11.9. The smallest absolute Gasteiger partial charge is 0.337 e. The number of rotatable bonds is 5. The summed E-state index contributed by atoms with van der Waals surface area (Å²) >= 11 is 0.623. The topological polar surface area (TPSA) is 127 Å². The molecule has 140 valence electrons. The Labute approximate surface area is 162 Å². The Kier molecular flexibility index (Phi) is 5.92. The fourth-order valence-electron chi connectivity index (χ4n) is 2.07. The van der Waals surface area contributed by atoms with Crippen LogP contribution in [0.1, 0.15) is 15.9 Å². The van der Waals surface area contributed by atoms with Crippen LogP contribution in [0, 0.1) is 0 Å². The molecule has 3 rings (SSSR count). The molecule has 3 amide bonds. The molecule has 0 spiro atoms. The van der Waals surface area contributed by atoms with Crippen molar-refractivity contribution in [2.24, 2.45) is 5.10 Å². The summed E-state index contributed by atoms with van der Waals surface area (Å²) in [5.74, 6) is -1.62. The summed E-state index contributed by atoms with van der Waals surface area (Å²) in [4.78, 5) is 50.1. The predicted molar refractivity (Wildman–Crippen MR) is 101 cm³/mol. The minimum absolute atomic E-state index is 0.0356. The van der Waals surface area contributed by atoms with Gasteiger partial charge < -0.3 is 4.74 Å². The normalized spacial score (nSPS) is 14.9. The van der Waals surface area contributed by atoms with Crippen LogP contribution in [0.3, 0.4) is 0 Å². The first-order valence-corrected chi connectivity index (χ1v) is 8.63. The lowest BCUT2D eigenvalue weighted by Gasteiger charge is -2.03. The first-order valence-electron chi connectivity index (χ1n) is 7.81. The molecule has 28 heavy (non-hydrogen) atoms. The number of imide groups is 1. The van der Waals surface area contributed by atoms with E-state index < -0.39 is 23.0 Å². The lowest BCUT2D eigenvalue weighted by molar-refractivity contribution is -0.129. The van der Waals surface area contributed by atoms with E-state index in [1.807, 2.05) is 5.32 Å². The Morgan fingerprint density at radius 1 is 1.18 bits per heavy atom. The molecule has 1 aliphatic heterocycles. The van der Waals surface area contributed by atoms with Gasteiger partial charge in [0.15, 0.2) is 0 Å². The largest absolute Gasteiger partial charge is 0.423 e. The summed E-state index contributed by atoms with van der Waals surface area (Å²) in [5, 5.41) is 5.35. The van der Waals surface area contributed by atoms with Gasteiger partial charge in [0.1, 0.15) is 5.75 Å². The number of ether oxygens (including phenoxy) is 1. The molecule has 1 aliphatic rings. The molecule has 1 aromatic carbocycles. The highest BCUT2D eigenvalue weighted by Crippen LogP contribution is 2.23. The second-order valence-corrected chi connectivity index (χ2v) is 6.30. The first-order chi connectivity index (χ1) is 13.5. The summed E-state index contributed by atoms with van der Waals surface area (Å²) in [7, 11) is 0. The third-order valence-electron chi connectivity index (χ3n) is 3.29. The second kappa shape index (κ2) is 8.73. The Balaban J connectivity index is 1.60. The van der Waals surface area contributed by atoms with Crippen molar-refractivity contribution >= 4 is 41.0 Å². The molecule has 1 aromatic heterocycles. The van der Waals surface area contributed by atoms with Crippen molar-refractivity contribution in [1.82, 2.24) is 15.7 Å². The van der Waals surface area contributed by atoms with Gasteiger partial charge in [-0.25, -0.2) is 10.2 Å². The molecular formula is C18H12N4O5S. The Bertz CT molecular complexity index is 1000. The van der Waals surface area contributed by atoms with E-state index in [2.05, 4.69) is 15.5 Å². The van der Waals surface area contributed by atoms with Crippen LogP contribution in [0.2, 0.25) is 0 Å². The van der Waals surface area contributed by atoms with E-state index in [9.17, 15) is 19.2 Å². The standard InChI is InChI=1S/C18H12N4O5S/c23-15(9-14-17(25)21-18(26)28-14)27-13-3-1-2-11(8-13)10-20-22-16(24)12-4-6-19-7-5-12/h1-10H,(H,22,24)(H,21,25,26)/b14-9+,20-10+. The number of pyridine rings is 1. The molecule has 10 heteroatoms. The monoisotopic (exact) mass is 396 g/mol. The van der Waals surface area contributed by atoms with Gasteiger partial charge >= 0.3 is 5.97 Å². The highest BCUT2D eigenvalue weighted by molar-refractivity contribution is 8.18. The number of nitrogens with one attached hydrogen (secondary N) is 2. The van der Waals surface area contributed by atoms with E-state index in [0.717, 1.165) is 6.08 Å².